The van der Waals surface area contributed by atoms with Crippen LogP contribution in [-0.2, 0) is 9.53 Å². The minimum Gasteiger partial charge on any atom is -0.466 e. The number of methoxy groups -OCH3 is 1. The molecule has 1 aliphatic heterocycles. The fourth-order valence-electron chi connectivity index (χ4n) is 3.16. The molecule has 0 amide bonds. The number of hydrogen-bond donors (Lipinski definition) is 0. The van der Waals surface area contributed by atoms with Crippen LogP contribution in [0.3, 0.4) is 0 Å². The van der Waals surface area contributed by atoms with Crippen molar-refractivity contribution in [3.05, 3.63) is 87.6 Å². The van der Waals surface area contributed by atoms with Crippen LogP contribution in [0.15, 0.2) is 67.3 Å². The maximum Gasteiger partial charge on any atom is 0.338 e. The highest BCUT2D eigenvalue weighted by Gasteiger charge is 2.33. The van der Waals surface area contributed by atoms with Crippen LogP contribution in [-0.4, -0.2) is 17.6 Å². The van der Waals surface area contributed by atoms with Crippen molar-refractivity contribution in [1.82, 2.24) is 4.57 Å². The van der Waals surface area contributed by atoms with Gasteiger partial charge in [0.2, 0.25) is 0 Å². The quantitative estimate of drug-likeness (QED) is 0.547. The van der Waals surface area contributed by atoms with E-state index >= 15 is 0 Å². The van der Waals surface area contributed by atoms with Gasteiger partial charge in [-0.15, -0.1) is 11.3 Å². The molecule has 0 fully saturated rings. The second-order valence-corrected chi connectivity index (χ2v) is 9.05. The Morgan fingerprint density at radius 2 is 2.14 bits per heavy atom. The molecule has 8 heteroatoms. The maximum atomic E-state index is 13.3. The van der Waals surface area contributed by atoms with Gasteiger partial charge in [0.25, 0.3) is 5.56 Å². The van der Waals surface area contributed by atoms with E-state index in [1.807, 2.05) is 47.9 Å². The van der Waals surface area contributed by atoms with Crippen LogP contribution in [0.2, 0.25) is 0 Å². The summed E-state index contributed by atoms with van der Waals surface area (Å²) in [6, 6.07) is 11.0. The van der Waals surface area contributed by atoms with E-state index in [0.29, 0.717) is 20.6 Å². The molecule has 1 atom stereocenters. The Kier molecular flexibility index (Phi) is 5.18. The number of aromatic nitrogens is 1. The van der Waals surface area contributed by atoms with Crippen molar-refractivity contribution >= 4 is 50.6 Å². The smallest absolute Gasteiger partial charge is 0.338 e. The first-order valence-electron chi connectivity index (χ1n) is 8.39. The summed E-state index contributed by atoms with van der Waals surface area (Å²) in [6.07, 6.45) is 1.84. The summed E-state index contributed by atoms with van der Waals surface area (Å²) in [4.78, 5) is 31.8. The van der Waals surface area contributed by atoms with E-state index in [1.165, 1.54) is 29.8 Å². The molecule has 142 valence electrons. The molecule has 0 aliphatic carbocycles. The molecule has 0 saturated carbocycles. The Morgan fingerprint density at radius 3 is 2.82 bits per heavy atom. The molecule has 5 nitrogen and oxygen atoms in total. The molecule has 1 aromatic carbocycles. The number of ether oxygens (including phenoxy) is 1. The van der Waals surface area contributed by atoms with Gasteiger partial charge in [0.1, 0.15) is 6.04 Å². The van der Waals surface area contributed by atoms with Crippen molar-refractivity contribution in [2.75, 3.05) is 7.11 Å². The fourth-order valence-corrected chi connectivity index (χ4v) is 5.44. The first-order chi connectivity index (χ1) is 13.5. The van der Waals surface area contributed by atoms with Gasteiger partial charge in [0, 0.05) is 9.35 Å². The first kappa shape index (κ1) is 19.0. The molecule has 0 saturated heterocycles. The SMILES string of the molecule is COC(=O)C1=C(C)N=c2s/c(=C/c3cccc(Br)c3)c(=O)n2[C@H]1c1cccs1. The number of allylic oxidation sites excluding steroid dienone is 1. The van der Waals surface area contributed by atoms with Crippen LogP contribution in [0.5, 0.6) is 0 Å². The molecule has 28 heavy (non-hydrogen) atoms. The number of esters is 1. The van der Waals surface area contributed by atoms with Gasteiger partial charge in [-0.05, 0) is 42.1 Å². The number of hydrogen-bond acceptors (Lipinski definition) is 6. The summed E-state index contributed by atoms with van der Waals surface area (Å²) in [7, 11) is 1.34. The molecular weight excluding hydrogens is 460 g/mol. The van der Waals surface area contributed by atoms with Crippen molar-refractivity contribution in [3.63, 3.8) is 0 Å². The Hall–Kier alpha value is -2.29. The van der Waals surface area contributed by atoms with E-state index in [9.17, 15) is 9.59 Å². The average molecular weight is 475 g/mol. The van der Waals surface area contributed by atoms with Crippen LogP contribution in [0.1, 0.15) is 23.4 Å². The highest BCUT2D eigenvalue weighted by Crippen LogP contribution is 2.32. The molecule has 0 spiro atoms. The zero-order valence-electron chi connectivity index (χ0n) is 15.0. The third-order valence-electron chi connectivity index (χ3n) is 4.39. The van der Waals surface area contributed by atoms with Crippen molar-refractivity contribution in [2.24, 2.45) is 4.99 Å². The normalized spacial score (nSPS) is 16.7. The molecule has 1 aliphatic rings. The number of fused-ring (bicyclic) bond motifs is 1. The predicted octanol–water partition coefficient (Wildman–Crippen LogP) is 3.23. The molecule has 4 rings (SSSR count). The fraction of sp³-hybridized carbons (Fsp3) is 0.150. The van der Waals surface area contributed by atoms with Crippen LogP contribution in [0.25, 0.3) is 6.08 Å². The lowest BCUT2D eigenvalue weighted by molar-refractivity contribution is -0.136. The Bertz CT molecular complexity index is 1270. The summed E-state index contributed by atoms with van der Waals surface area (Å²) in [5.41, 5.74) is 1.71. The van der Waals surface area contributed by atoms with Gasteiger partial charge in [-0.25, -0.2) is 9.79 Å². The number of carbonyl (C=O) groups excluding carboxylic acids is 1. The second kappa shape index (κ2) is 7.62. The molecule has 0 radical (unpaired) electrons. The molecule has 2 aromatic heterocycles. The summed E-state index contributed by atoms with van der Waals surface area (Å²) in [5, 5.41) is 1.93. The molecule has 3 aromatic rings. The van der Waals surface area contributed by atoms with Gasteiger partial charge >= 0.3 is 5.97 Å². The molecule has 3 heterocycles. The minimum atomic E-state index is -0.534. The van der Waals surface area contributed by atoms with Gasteiger partial charge in [-0.1, -0.05) is 45.5 Å². The van der Waals surface area contributed by atoms with E-state index in [2.05, 4.69) is 20.9 Å². The molecule has 0 unspecified atom stereocenters. The van der Waals surface area contributed by atoms with Gasteiger partial charge in [0.15, 0.2) is 4.80 Å². The van der Waals surface area contributed by atoms with E-state index in [0.717, 1.165) is 14.9 Å². The number of rotatable bonds is 3. The Labute approximate surface area is 177 Å². The number of thiophene rings is 1. The summed E-state index contributed by atoms with van der Waals surface area (Å²) >= 11 is 6.27. The second-order valence-electron chi connectivity index (χ2n) is 6.14. The molecule has 0 bridgehead atoms. The summed E-state index contributed by atoms with van der Waals surface area (Å²) in [6.45, 7) is 1.78. The van der Waals surface area contributed by atoms with Crippen LogP contribution >= 0.6 is 38.6 Å². The van der Waals surface area contributed by atoms with Crippen molar-refractivity contribution in [1.29, 1.82) is 0 Å². The summed E-state index contributed by atoms with van der Waals surface area (Å²) in [5.74, 6) is -0.471. The predicted molar refractivity (Wildman–Crippen MR) is 114 cm³/mol. The van der Waals surface area contributed by atoms with Gasteiger partial charge in [0.05, 0.1) is 22.9 Å². The monoisotopic (exact) mass is 474 g/mol. The van der Waals surface area contributed by atoms with E-state index in [1.54, 1.807) is 11.5 Å². The molecular formula is C20H15BrN2O3S2. The van der Waals surface area contributed by atoms with Crippen molar-refractivity contribution in [2.45, 2.75) is 13.0 Å². The number of halogens is 1. The van der Waals surface area contributed by atoms with Gasteiger partial charge in [-0.2, -0.15) is 0 Å². The van der Waals surface area contributed by atoms with E-state index in [-0.39, 0.29) is 5.56 Å². The maximum absolute atomic E-state index is 13.3. The Morgan fingerprint density at radius 1 is 1.32 bits per heavy atom. The number of nitrogens with zero attached hydrogens (tertiary/aromatic N) is 2. The number of carbonyl (C=O) groups is 1. The molecule has 0 N–H and O–H groups in total. The number of benzene rings is 1. The average Bonchev–Trinajstić information content (AvgIpc) is 3.29. The van der Waals surface area contributed by atoms with Crippen molar-refractivity contribution in [3.8, 4) is 0 Å². The van der Waals surface area contributed by atoms with Crippen LogP contribution in [0.4, 0.5) is 0 Å². The Balaban J connectivity index is 1.97. The van der Waals surface area contributed by atoms with Crippen LogP contribution < -0.4 is 14.9 Å². The largest absolute Gasteiger partial charge is 0.466 e. The van der Waals surface area contributed by atoms with Crippen LogP contribution in [0, 0.1) is 0 Å². The standard InChI is InChI=1S/C20H15BrN2O3S2/c1-11-16(19(25)26-2)17(14-7-4-8-27-14)23-18(24)15(28-20(23)22-11)10-12-5-3-6-13(21)9-12/h3-10,17H,1-2H3/b15-10+/t17-/m0/s1. The first-order valence-corrected chi connectivity index (χ1v) is 10.9. The third kappa shape index (κ3) is 3.32. The lowest BCUT2D eigenvalue weighted by Gasteiger charge is -2.22. The van der Waals surface area contributed by atoms with Gasteiger partial charge < -0.3 is 4.74 Å². The summed E-state index contributed by atoms with van der Waals surface area (Å²) < 4.78 is 8.08. The third-order valence-corrected chi connectivity index (χ3v) is 6.79. The highest BCUT2D eigenvalue weighted by atomic mass is 79.9. The van der Waals surface area contributed by atoms with E-state index < -0.39 is 12.0 Å². The number of thiazole rings is 1. The minimum absolute atomic E-state index is 0.170. The lowest BCUT2D eigenvalue weighted by Crippen LogP contribution is -2.39. The van der Waals surface area contributed by atoms with E-state index in [4.69, 9.17) is 4.74 Å². The topological polar surface area (TPSA) is 60.7 Å². The van der Waals surface area contributed by atoms with Gasteiger partial charge in [-0.3, -0.25) is 9.36 Å². The zero-order valence-corrected chi connectivity index (χ0v) is 18.2. The highest BCUT2D eigenvalue weighted by molar-refractivity contribution is 9.10. The van der Waals surface area contributed by atoms with Crippen molar-refractivity contribution < 1.29 is 9.53 Å². The zero-order chi connectivity index (χ0) is 19.8. The lowest BCUT2D eigenvalue weighted by atomic mass is 10.0.